The van der Waals surface area contributed by atoms with Crippen molar-refractivity contribution in [3.8, 4) is 5.75 Å². The maximum atomic E-state index is 12.6. The second kappa shape index (κ2) is 5.84. The second-order valence-corrected chi connectivity index (χ2v) is 4.96. The minimum Gasteiger partial charge on any atom is -0.483 e. The zero-order chi connectivity index (χ0) is 15.6. The van der Waals surface area contributed by atoms with Gasteiger partial charge >= 0.3 is 11.9 Å². The van der Waals surface area contributed by atoms with E-state index in [9.17, 15) is 23.3 Å². The van der Waals surface area contributed by atoms with E-state index in [1.54, 1.807) is 0 Å². The molecule has 0 aromatic carbocycles. The molecule has 1 fully saturated rings. The Bertz CT molecular complexity index is 536. The molecular weight excluding hydrogens is 291 g/mol. The number of pyridine rings is 1. The molecule has 1 aromatic heterocycles. The summed E-state index contributed by atoms with van der Waals surface area (Å²) in [4.78, 5) is 13.1. The van der Waals surface area contributed by atoms with Crippen LogP contribution in [0.25, 0.3) is 0 Å². The van der Waals surface area contributed by atoms with E-state index in [0.717, 1.165) is 12.8 Å². The summed E-state index contributed by atoms with van der Waals surface area (Å²) in [5.41, 5.74) is 3.97. The number of hydrogen-bond acceptors (Lipinski definition) is 5. The van der Waals surface area contributed by atoms with Crippen LogP contribution in [-0.4, -0.2) is 22.1 Å². The molecular formula is C12H14F3N3O3. The van der Waals surface area contributed by atoms with E-state index in [-0.39, 0.29) is 6.04 Å². The molecule has 0 bridgehead atoms. The first-order valence-electron chi connectivity index (χ1n) is 6.41. The van der Waals surface area contributed by atoms with Crippen molar-refractivity contribution in [2.24, 2.45) is 5.73 Å². The number of aromatic nitrogens is 1. The Balaban J connectivity index is 2.28. The van der Waals surface area contributed by atoms with E-state index in [2.05, 4.69) is 4.98 Å². The molecule has 2 N–H and O–H groups in total. The number of rotatable bonds is 3. The molecule has 1 aromatic rings. The van der Waals surface area contributed by atoms with Crippen LogP contribution in [0, 0.1) is 10.1 Å². The average molecular weight is 305 g/mol. The van der Waals surface area contributed by atoms with E-state index in [1.807, 2.05) is 0 Å². The van der Waals surface area contributed by atoms with Gasteiger partial charge in [0.25, 0.3) is 0 Å². The van der Waals surface area contributed by atoms with Crippen LogP contribution in [0.2, 0.25) is 0 Å². The Hall–Kier alpha value is -1.90. The van der Waals surface area contributed by atoms with Gasteiger partial charge in [-0.1, -0.05) is 0 Å². The van der Waals surface area contributed by atoms with Crippen molar-refractivity contribution in [3.05, 3.63) is 28.1 Å². The largest absolute Gasteiger partial charge is 0.483 e. The first-order valence-corrected chi connectivity index (χ1v) is 6.41. The summed E-state index contributed by atoms with van der Waals surface area (Å²) in [5, 5.41) is 10.9. The van der Waals surface area contributed by atoms with Gasteiger partial charge in [-0.2, -0.15) is 13.2 Å². The van der Waals surface area contributed by atoms with E-state index >= 15 is 0 Å². The minimum atomic E-state index is -4.68. The number of ether oxygens (including phenoxy) is 1. The number of alkyl halides is 3. The molecule has 6 nitrogen and oxygen atoms in total. The Morgan fingerprint density at radius 2 is 2.14 bits per heavy atom. The highest BCUT2D eigenvalue weighted by atomic mass is 19.4. The Morgan fingerprint density at radius 3 is 2.71 bits per heavy atom. The van der Waals surface area contributed by atoms with Crippen molar-refractivity contribution >= 4 is 5.69 Å². The molecule has 1 saturated carbocycles. The van der Waals surface area contributed by atoms with Crippen LogP contribution in [0.3, 0.4) is 0 Å². The summed E-state index contributed by atoms with van der Waals surface area (Å²) in [6.07, 6.45) is -1.88. The summed E-state index contributed by atoms with van der Waals surface area (Å²) < 4.78 is 43.3. The summed E-state index contributed by atoms with van der Waals surface area (Å²) in [6.45, 7) is 0. The standard InChI is InChI=1S/C12H14F3N3O3/c13-12(14,15)11-5-10(9(6-17-11)18(19)20)21-8-3-1-2-7(16)4-8/h5-8H,1-4,16H2. The molecule has 1 heterocycles. The van der Waals surface area contributed by atoms with Crippen molar-refractivity contribution in [1.29, 1.82) is 0 Å². The Morgan fingerprint density at radius 1 is 1.43 bits per heavy atom. The van der Waals surface area contributed by atoms with Crippen molar-refractivity contribution in [2.45, 2.75) is 44.0 Å². The molecule has 2 atom stereocenters. The zero-order valence-corrected chi connectivity index (χ0v) is 11.0. The van der Waals surface area contributed by atoms with Gasteiger partial charge in [0, 0.05) is 12.1 Å². The Kier molecular flexibility index (Phi) is 4.31. The van der Waals surface area contributed by atoms with E-state index in [4.69, 9.17) is 10.5 Å². The maximum absolute atomic E-state index is 12.6. The van der Waals surface area contributed by atoms with Crippen LogP contribution in [0.15, 0.2) is 12.3 Å². The number of nitro groups is 1. The molecule has 0 saturated heterocycles. The summed E-state index contributed by atoms with van der Waals surface area (Å²) in [7, 11) is 0. The number of nitrogens with zero attached hydrogens (tertiary/aromatic N) is 2. The fraction of sp³-hybridized carbons (Fsp3) is 0.583. The average Bonchev–Trinajstić information content (AvgIpc) is 2.37. The summed E-state index contributed by atoms with van der Waals surface area (Å²) >= 11 is 0. The molecule has 116 valence electrons. The quantitative estimate of drug-likeness (QED) is 0.684. The SMILES string of the molecule is NC1CCCC(Oc2cc(C(F)(F)F)ncc2[N+](=O)[O-])C1. The molecule has 0 spiro atoms. The number of halogens is 3. The van der Waals surface area contributed by atoms with Crippen LogP contribution in [-0.2, 0) is 6.18 Å². The zero-order valence-electron chi connectivity index (χ0n) is 11.0. The summed E-state index contributed by atoms with van der Waals surface area (Å²) in [5.74, 6) is -0.415. The second-order valence-electron chi connectivity index (χ2n) is 4.96. The number of nitrogens with two attached hydrogens (primary N) is 1. The van der Waals surface area contributed by atoms with Gasteiger partial charge in [0.05, 0.1) is 4.92 Å². The lowest BCUT2D eigenvalue weighted by Crippen LogP contribution is -2.33. The lowest BCUT2D eigenvalue weighted by atomic mass is 9.93. The number of hydrogen-bond donors (Lipinski definition) is 1. The first-order chi connectivity index (χ1) is 9.77. The molecule has 0 radical (unpaired) electrons. The van der Waals surface area contributed by atoms with Crippen molar-refractivity contribution < 1.29 is 22.8 Å². The molecule has 9 heteroatoms. The fourth-order valence-corrected chi connectivity index (χ4v) is 2.28. The third kappa shape index (κ3) is 3.81. The van der Waals surface area contributed by atoms with Gasteiger partial charge in [-0.05, 0) is 25.7 Å². The smallest absolute Gasteiger partial charge is 0.433 e. The van der Waals surface area contributed by atoms with Gasteiger partial charge < -0.3 is 10.5 Å². The van der Waals surface area contributed by atoms with Gasteiger partial charge in [-0.15, -0.1) is 0 Å². The predicted molar refractivity (Wildman–Crippen MR) is 66.8 cm³/mol. The monoisotopic (exact) mass is 305 g/mol. The van der Waals surface area contributed by atoms with Crippen LogP contribution in [0.1, 0.15) is 31.4 Å². The van der Waals surface area contributed by atoms with Crippen LogP contribution < -0.4 is 10.5 Å². The predicted octanol–water partition coefficient (Wildman–Crippen LogP) is 2.66. The highest BCUT2D eigenvalue weighted by Gasteiger charge is 2.35. The van der Waals surface area contributed by atoms with Gasteiger partial charge in [0.2, 0.25) is 5.75 Å². The molecule has 1 aliphatic carbocycles. The van der Waals surface area contributed by atoms with Crippen LogP contribution in [0.4, 0.5) is 18.9 Å². The van der Waals surface area contributed by atoms with Gasteiger partial charge in [-0.25, -0.2) is 4.98 Å². The van der Waals surface area contributed by atoms with E-state index < -0.39 is 34.3 Å². The van der Waals surface area contributed by atoms with Gasteiger partial charge in [0.15, 0.2) is 0 Å². The van der Waals surface area contributed by atoms with Crippen molar-refractivity contribution in [3.63, 3.8) is 0 Å². The van der Waals surface area contributed by atoms with E-state index in [0.29, 0.717) is 25.1 Å². The molecule has 0 aliphatic heterocycles. The lowest BCUT2D eigenvalue weighted by molar-refractivity contribution is -0.386. The first kappa shape index (κ1) is 15.5. The third-order valence-corrected chi connectivity index (χ3v) is 3.29. The van der Waals surface area contributed by atoms with E-state index in [1.165, 1.54) is 0 Å². The summed E-state index contributed by atoms with van der Waals surface area (Å²) in [6, 6.07) is 0.463. The molecule has 2 unspecified atom stereocenters. The third-order valence-electron chi connectivity index (χ3n) is 3.29. The highest BCUT2D eigenvalue weighted by molar-refractivity contribution is 5.45. The molecule has 21 heavy (non-hydrogen) atoms. The van der Waals surface area contributed by atoms with Crippen molar-refractivity contribution in [1.82, 2.24) is 4.98 Å². The molecule has 0 amide bonds. The topological polar surface area (TPSA) is 91.3 Å². The van der Waals surface area contributed by atoms with Crippen LogP contribution >= 0.6 is 0 Å². The highest BCUT2D eigenvalue weighted by Crippen LogP contribution is 2.35. The molecule has 2 rings (SSSR count). The Labute approximate surface area is 118 Å². The maximum Gasteiger partial charge on any atom is 0.433 e. The van der Waals surface area contributed by atoms with Crippen molar-refractivity contribution in [2.75, 3.05) is 0 Å². The van der Waals surface area contributed by atoms with Gasteiger partial charge in [0.1, 0.15) is 18.0 Å². The fourth-order valence-electron chi connectivity index (χ4n) is 2.28. The lowest BCUT2D eigenvalue weighted by Gasteiger charge is -2.27. The molecule has 1 aliphatic rings. The van der Waals surface area contributed by atoms with Gasteiger partial charge in [-0.3, -0.25) is 10.1 Å². The van der Waals surface area contributed by atoms with Crippen LogP contribution in [0.5, 0.6) is 5.75 Å². The normalized spacial score (nSPS) is 22.9. The minimum absolute atomic E-state index is 0.105.